The van der Waals surface area contributed by atoms with Gasteiger partial charge in [-0.3, -0.25) is 0 Å². The smallest absolute Gasteiger partial charge is 0.407 e. The van der Waals surface area contributed by atoms with Crippen LogP contribution in [-0.2, 0) is 21.2 Å². The summed E-state index contributed by atoms with van der Waals surface area (Å²) < 4.78 is 28.1. The van der Waals surface area contributed by atoms with E-state index in [9.17, 15) is 23.4 Å². The molecule has 1 fully saturated rings. The van der Waals surface area contributed by atoms with E-state index in [2.05, 4.69) is 5.32 Å². The monoisotopic (exact) mass is 357 g/mol. The Bertz CT molecular complexity index is 662. The lowest BCUT2D eigenvalue weighted by Gasteiger charge is -2.39. The Morgan fingerprint density at radius 1 is 1.38 bits per heavy atom. The van der Waals surface area contributed by atoms with Gasteiger partial charge in [0.25, 0.3) is 0 Å². The second-order valence-electron chi connectivity index (χ2n) is 6.26. The van der Waals surface area contributed by atoms with E-state index in [1.54, 1.807) is 0 Å². The Kier molecular flexibility index (Phi) is 5.84. The van der Waals surface area contributed by atoms with Crippen LogP contribution >= 0.6 is 0 Å². The fraction of sp³-hybridized carbons (Fsp3) is 0.562. The van der Waals surface area contributed by atoms with Crippen molar-refractivity contribution in [2.75, 3.05) is 12.8 Å². The van der Waals surface area contributed by atoms with Crippen molar-refractivity contribution in [1.82, 2.24) is 5.32 Å². The third-order valence-corrected chi connectivity index (χ3v) is 6.00. The molecule has 0 heterocycles. The summed E-state index contributed by atoms with van der Waals surface area (Å²) in [4.78, 5) is 11.7. The first-order valence-corrected chi connectivity index (χ1v) is 9.70. The molecule has 0 spiro atoms. The lowest BCUT2D eigenvalue weighted by Crippen LogP contribution is -2.56. The number of ether oxygens (including phenoxy) is 1. The molecule has 1 aromatic carbocycles. The van der Waals surface area contributed by atoms with Crippen molar-refractivity contribution in [3.8, 4) is 0 Å². The number of nitrogens with one attached hydrogen (secondary N) is 1. The van der Waals surface area contributed by atoms with E-state index >= 15 is 0 Å². The number of hydrogen-bond acceptors (Lipinski definition) is 6. The molecule has 0 saturated heterocycles. The second-order valence-corrected chi connectivity index (χ2v) is 8.59. The van der Waals surface area contributed by atoms with Gasteiger partial charge in [-0.15, -0.1) is 0 Å². The zero-order valence-corrected chi connectivity index (χ0v) is 14.3. The predicted molar refractivity (Wildman–Crippen MR) is 88.1 cm³/mol. The number of sulfone groups is 1. The Morgan fingerprint density at radius 3 is 2.62 bits per heavy atom. The molecule has 7 nitrogen and oxygen atoms in total. The van der Waals surface area contributed by atoms with E-state index in [1.807, 2.05) is 30.3 Å². The van der Waals surface area contributed by atoms with Gasteiger partial charge in [0.2, 0.25) is 0 Å². The van der Waals surface area contributed by atoms with E-state index in [4.69, 9.17) is 4.74 Å². The molecule has 1 aliphatic rings. The van der Waals surface area contributed by atoms with Crippen LogP contribution in [0.1, 0.15) is 24.8 Å². The average Bonchev–Trinajstić information content (AvgIpc) is 2.54. The minimum atomic E-state index is -3.26. The summed E-state index contributed by atoms with van der Waals surface area (Å²) in [5.74, 6) is 0. The molecule has 1 amide bonds. The molecule has 1 aliphatic carbocycles. The Labute approximate surface area is 141 Å². The Morgan fingerprint density at radius 2 is 2.04 bits per heavy atom. The fourth-order valence-corrected chi connectivity index (χ4v) is 3.84. The first-order chi connectivity index (χ1) is 11.2. The summed E-state index contributed by atoms with van der Waals surface area (Å²) in [7, 11) is -3.26. The van der Waals surface area contributed by atoms with E-state index in [-0.39, 0.29) is 32.4 Å². The maximum absolute atomic E-state index is 11.7. The van der Waals surface area contributed by atoms with Crippen LogP contribution in [-0.4, -0.2) is 54.5 Å². The molecular weight excluding hydrogens is 334 g/mol. The fourth-order valence-electron chi connectivity index (χ4n) is 2.76. The number of carbonyl (C=O) groups excluding carboxylic acids is 1. The number of hydrogen-bond donors (Lipinski definition) is 3. The topological polar surface area (TPSA) is 113 Å². The summed E-state index contributed by atoms with van der Waals surface area (Å²) in [5.41, 5.74) is -0.715. The summed E-state index contributed by atoms with van der Waals surface area (Å²) in [6.07, 6.45) is -0.521. The Hall–Kier alpha value is -1.64. The van der Waals surface area contributed by atoms with Gasteiger partial charge in [-0.25, -0.2) is 13.2 Å². The summed E-state index contributed by atoms with van der Waals surface area (Å²) in [5, 5.41) is 22.3. The standard InChI is InChI=1S/C16H23NO6S/c1-24(21,22)13-7-8-16(20,14(18)9-13)11-17-15(19)23-10-12-5-3-2-4-6-12/h2-6,13-14,18,20H,7-11H2,1H3,(H,17,19)/t13-,14-,16-/m1/s1. The molecule has 3 N–H and O–H groups in total. The van der Waals surface area contributed by atoms with Crippen LogP contribution in [0.3, 0.4) is 0 Å². The molecular formula is C16H23NO6S. The molecule has 1 saturated carbocycles. The first kappa shape index (κ1) is 18.7. The Balaban J connectivity index is 1.81. The predicted octanol–water partition coefficient (Wildman–Crippen LogP) is 0.602. The maximum atomic E-state index is 11.7. The van der Waals surface area contributed by atoms with Crippen LogP contribution < -0.4 is 5.32 Å². The van der Waals surface area contributed by atoms with Crippen molar-refractivity contribution in [2.24, 2.45) is 0 Å². The highest BCUT2D eigenvalue weighted by Gasteiger charge is 2.44. The normalized spacial score (nSPS) is 27.5. The molecule has 1 aromatic rings. The highest BCUT2D eigenvalue weighted by Crippen LogP contribution is 2.31. The van der Waals surface area contributed by atoms with Crippen LogP contribution in [0.15, 0.2) is 30.3 Å². The van der Waals surface area contributed by atoms with Gasteiger partial charge in [0, 0.05) is 6.26 Å². The zero-order valence-electron chi connectivity index (χ0n) is 13.5. The van der Waals surface area contributed by atoms with E-state index < -0.39 is 32.9 Å². The molecule has 0 radical (unpaired) electrons. The SMILES string of the molecule is CS(=O)(=O)[C@@H]1CC[C@@](O)(CNC(=O)OCc2ccccc2)[C@H](O)C1. The van der Waals surface area contributed by atoms with Gasteiger partial charge in [0.15, 0.2) is 0 Å². The number of benzene rings is 1. The average molecular weight is 357 g/mol. The largest absolute Gasteiger partial charge is 0.445 e. The maximum Gasteiger partial charge on any atom is 0.407 e. The molecule has 0 bridgehead atoms. The summed E-state index contributed by atoms with van der Waals surface area (Å²) >= 11 is 0. The third kappa shape index (κ3) is 4.93. The number of aliphatic hydroxyl groups is 2. The van der Waals surface area contributed by atoms with E-state index in [0.717, 1.165) is 11.8 Å². The third-order valence-electron chi connectivity index (χ3n) is 4.36. The number of alkyl carbamates (subject to hydrolysis) is 1. The van der Waals surface area contributed by atoms with Crippen LogP contribution in [0.2, 0.25) is 0 Å². The van der Waals surface area contributed by atoms with Gasteiger partial charge < -0.3 is 20.3 Å². The van der Waals surface area contributed by atoms with Crippen molar-refractivity contribution in [3.63, 3.8) is 0 Å². The van der Waals surface area contributed by atoms with Gasteiger partial charge in [-0.05, 0) is 24.8 Å². The molecule has 0 aromatic heterocycles. The van der Waals surface area contributed by atoms with Crippen molar-refractivity contribution in [1.29, 1.82) is 0 Å². The first-order valence-electron chi connectivity index (χ1n) is 7.74. The van der Waals surface area contributed by atoms with Crippen LogP contribution in [0, 0.1) is 0 Å². The van der Waals surface area contributed by atoms with Crippen LogP contribution in [0.25, 0.3) is 0 Å². The van der Waals surface area contributed by atoms with Gasteiger partial charge in [-0.2, -0.15) is 0 Å². The lowest BCUT2D eigenvalue weighted by atomic mass is 9.82. The highest BCUT2D eigenvalue weighted by atomic mass is 32.2. The van der Waals surface area contributed by atoms with Gasteiger partial charge in [0.1, 0.15) is 22.0 Å². The lowest BCUT2D eigenvalue weighted by molar-refractivity contribution is -0.0956. The second kappa shape index (κ2) is 7.50. The van der Waals surface area contributed by atoms with Gasteiger partial charge >= 0.3 is 6.09 Å². The van der Waals surface area contributed by atoms with Crippen molar-refractivity contribution in [2.45, 2.75) is 42.8 Å². The molecule has 134 valence electrons. The molecule has 0 unspecified atom stereocenters. The number of amides is 1. The number of rotatable bonds is 5. The molecule has 2 rings (SSSR count). The number of carbonyl (C=O) groups is 1. The molecule has 24 heavy (non-hydrogen) atoms. The van der Waals surface area contributed by atoms with Crippen LogP contribution in [0.5, 0.6) is 0 Å². The van der Waals surface area contributed by atoms with Gasteiger partial charge in [0.05, 0.1) is 17.9 Å². The van der Waals surface area contributed by atoms with E-state index in [0.29, 0.717) is 0 Å². The highest BCUT2D eigenvalue weighted by molar-refractivity contribution is 7.91. The van der Waals surface area contributed by atoms with Crippen LogP contribution in [0.4, 0.5) is 4.79 Å². The molecule has 0 aliphatic heterocycles. The van der Waals surface area contributed by atoms with Crippen molar-refractivity contribution < 1.29 is 28.2 Å². The summed E-state index contributed by atoms with van der Waals surface area (Å²) in [6, 6.07) is 9.15. The number of aliphatic hydroxyl groups excluding tert-OH is 1. The van der Waals surface area contributed by atoms with Crippen molar-refractivity contribution in [3.05, 3.63) is 35.9 Å². The summed E-state index contributed by atoms with van der Waals surface area (Å²) in [6.45, 7) is -0.0952. The molecule has 8 heteroatoms. The van der Waals surface area contributed by atoms with Crippen molar-refractivity contribution >= 4 is 15.9 Å². The zero-order chi connectivity index (χ0) is 17.8. The molecule has 3 atom stereocenters. The van der Waals surface area contributed by atoms with Gasteiger partial charge in [-0.1, -0.05) is 30.3 Å². The minimum Gasteiger partial charge on any atom is -0.445 e. The van der Waals surface area contributed by atoms with E-state index in [1.165, 1.54) is 0 Å². The minimum absolute atomic E-state index is 0.0456. The quantitative estimate of drug-likeness (QED) is 0.711.